The summed E-state index contributed by atoms with van der Waals surface area (Å²) in [6, 6.07) is 11.8. The number of hydrogen-bond acceptors (Lipinski definition) is 2. The van der Waals surface area contributed by atoms with E-state index in [1.165, 1.54) is 0 Å². The summed E-state index contributed by atoms with van der Waals surface area (Å²) in [5, 5.41) is 11.8. The van der Waals surface area contributed by atoms with Crippen LogP contribution in [0.25, 0.3) is 21.8 Å². The van der Waals surface area contributed by atoms with Crippen molar-refractivity contribution in [1.29, 1.82) is 0 Å². The fourth-order valence-corrected chi connectivity index (χ4v) is 3.07. The van der Waals surface area contributed by atoms with E-state index in [-0.39, 0.29) is 18.4 Å². The summed E-state index contributed by atoms with van der Waals surface area (Å²) in [6.45, 7) is 2.20. The molecule has 1 atom stereocenters. The van der Waals surface area contributed by atoms with Crippen molar-refractivity contribution in [2.24, 2.45) is 0 Å². The molecule has 1 amide bonds. The average molecular weight is 331 g/mol. The lowest BCUT2D eigenvalue weighted by atomic mass is 9.98. The predicted molar refractivity (Wildman–Crippen MR) is 94.0 cm³/mol. The number of halogens is 1. The fourth-order valence-electron chi connectivity index (χ4n) is 2.90. The van der Waals surface area contributed by atoms with Crippen molar-refractivity contribution >= 4 is 39.3 Å². The van der Waals surface area contributed by atoms with Crippen molar-refractivity contribution in [3.63, 3.8) is 0 Å². The lowest BCUT2D eigenvalue weighted by Gasteiger charge is -2.20. The van der Waals surface area contributed by atoms with Gasteiger partial charge in [0.1, 0.15) is 0 Å². The highest BCUT2D eigenvalue weighted by atomic mass is 35.5. The minimum absolute atomic E-state index is 0.00226. The second kappa shape index (κ2) is 6.22. The quantitative estimate of drug-likeness (QED) is 0.769. The van der Waals surface area contributed by atoms with Gasteiger partial charge in [0.2, 0.25) is 5.91 Å². The van der Waals surface area contributed by atoms with Crippen LogP contribution in [0, 0.1) is 0 Å². The molecule has 0 aliphatic heterocycles. The van der Waals surface area contributed by atoms with Crippen LogP contribution >= 0.6 is 11.6 Å². The van der Waals surface area contributed by atoms with Gasteiger partial charge in [0.15, 0.2) is 0 Å². The first-order valence-corrected chi connectivity index (χ1v) is 7.96. The summed E-state index contributed by atoms with van der Waals surface area (Å²) < 4.78 is 0. The van der Waals surface area contributed by atoms with Gasteiger partial charge in [-0.2, -0.15) is 0 Å². The van der Waals surface area contributed by atoms with Gasteiger partial charge in [-0.25, -0.2) is 0 Å². The molecule has 120 valence electrons. The number of H-pyrrole nitrogens is 1. The number of carbonyl (C=O) groups excluding carboxylic acids is 1. The van der Waals surface area contributed by atoms with E-state index in [0.29, 0.717) is 11.6 Å². The van der Waals surface area contributed by atoms with Crippen molar-refractivity contribution in [2.45, 2.75) is 12.8 Å². The van der Waals surface area contributed by atoms with Gasteiger partial charge in [-0.15, -0.1) is 0 Å². The van der Waals surface area contributed by atoms with Crippen molar-refractivity contribution in [3.8, 4) is 0 Å². The molecule has 4 nitrogen and oxygen atoms in total. The van der Waals surface area contributed by atoms with E-state index in [2.05, 4.69) is 4.98 Å². The molecule has 1 aromatic heterocycles. The first kappa shape index (κ1) is 15.8. The van der Waals surface area contributed by atoms with Gasteiger partial charge in [-0.1, -0.05) is 23.7 Å². The molecule has 0 fully saturated rings. The molecule has 3 aromatic rings. The third kappa shape index (κ3) is 2.92. The molecule has 0 aliphatic carbocycles. The summed E-state index contributed by atoms with van der Waals surface area (Å²) >= 11 is 6.08. The number of nitrogens with zero attached hydrogens (tertiary/aromatic N) is 1. The Morgan fingerprint density at radius 3 is 2.74 bits per heavy atom. The number of amides is 1. The Morgan fingerprint density at radius 1 is 1.22 bits per heavy atom. The molecule has 23 heavy (non-hydrogen) atoms. The first-order valence-electron chi connectivity index (χ1n) is 7.58. The van der Waals surface area contributed by atoms with E-state index >= 15 is 0 Å². The Bertz CT molecular complexity index is 872. The molecular weight excluding hydrogens is 312 g/mol. The number of aliphatic hydroxyl groups is 1. The summed E-state index contributed by atoms with van der Waals surface area (Å²) in [4.78, 5) is 17.3. The summed E-state index contributed by atoms with van der Waals surface area (Å²) in [5.41, 5.74) is 2.96. The zero-order valence-corrected chi connectivity index (χ0v) is 13.9. The zero-order chi connectivity index (χ0) is 16.6. The highest BCUT2D eigenvalue weighted by Gasteiger charge is 2.19. The molecule has 1 heterocycles. The summed E-state index contributed by atoms with van der Waals surface area (Å²) in [5.74, 6) is -0.261. The van der Waals surface area contributed by atoms with Crippen molar-refractivity contribution in [1.82, 2.24) is 9.88 Å². The molecule has 2 N–H and O–H groups in total. The third-order valence-electron chi connectivity index (χ3n) is 4.27. The number of likely N-dealkylation sites (N-methyl/N-ethyl adjacent to an activating group) is 1. The number of benzene rings is 2. The van der Waals surface area contributed by atoms with Gasteiger partial charge >= 0.3 is 0 Å². The van der Waals surface area contributed by atoms with Crippen LogP contribution in [0.1, 0.15) is 18.4 Å². The Hall–Kier alpha value is -2.04. The maximum absolute atomic E-state index is 12.4. The van der Waals surface area contributed by atoms with Gasteiger partial charge in [0, 0.05) is 40.4 Å². The second-order valence-corrected chi connectivity index (χ2v) is 6.26. The molecule has 0 spiro atoms. The fraction of sp³-hybridized carbons (Fsp3) is 0.278. The molecule has 2 aromatic carbocycles. The topological polar surface area (TPSA) is 56.3 Å². The van der Waals surface area contributed by atoms with E-state index in [0.717, 1.165) is 27.4 Å². The minimum atomic E-state index is -0.258. The maximum Gasteiger partial charge on any atom is 0.229 e. The van der Waals surface area contributed by atoms with Gasteiger partial charge in [0.25, 0.3) is 0 Å². The molecule has 5 heteroatoms. The molecule has 0 saturated heterocycles. The number of fused-ring (bicyclic) bond motifs is 3. The molecule has 0 aliphatic rings. The van der Waals surface area contributed by atoms with Crippen LogP contribution in [0.5, 0.6) is 0 Å². The van der Waals surface area contributed by atoms with Gasteiger partial charge in [-0.05, 0) is 36.8 Å². The number of nitrogens with one attached hydrogen (secondary N) is 1. The van der Waals surface area contributed by atoms with Crippen molar-refractivity contribution < 1.29 is 9.90 Å². The molecular formula is C18H19ClN2O2. The maximum atomic E-state index is 12.4. The number of aromatic nitrogens is 1. The van der Waals surface area contributed by atoms with E-state index in [1.807, 2.05) is 43.3 Å². The molecule has 3 rings (SSSR count). The molecule has 0 bridgehead atoms. The highest BCUT2D eigenvalue weighted by molar-refractivity contribution is 6.31. The lowest BCUT2D eigenvalue weighted by molar-refractivity contribution is -0.131. The SMILES string of the molecule is CC(C(=O)N(C)CCO)c1ccc2c(c1)[nH]c1ccc(Cl)cc12. The molecule has 0 saturated carbocycles. The minimum Gasteiger partial charge on any atom is -0.395 e. The number of hydrogen-bond donors (Lipinski definition) is 2. The Balaban J connectivity index is 2.00. The predicted octanol–water partition coefficient (Wildman–Crippen LogP) is 3.53. The van der Waals surface area contributed by atoms with E-state index in [1.54, 1.807) is 11.9 Å². The summed E-state index contributed by atoms with van der Waals surface area (Å²) in [7, 11) is 1.71. The average Bonchev–Trinajstić information content (AvgIpc) is 2.90. The van der Waals surface area contributed by atoms with Crippen LogP contribution in [-0.2, 0) is 4.79 Å². The van der Waals surface area contributed by atoms with Crippen LogP contribution in [-0.4, -0.2) is 41.1 Å². The normalized spacial score (nSPS) is 12.7. The number of carbonyl (C=O) groups is 1. The zero-order valence-electron chi connectivity index (χ0n) is 13.1. The van der Waals surface area contributed by atoms with Gasteiger partial charge in [-0.3, -0.25) is 4.79 Å². The first-order chi connectivity index (χ1) is 11.0. The Kier molecular flexibility index (Phi) is 4.28. The molecule has 1 unspecified atom stereocenters. The molecule has 0 radical (unpaired) electrons. The van der Waals surface area contributed by atoms with Crippen molar-refractivity contribution in [2.75, 3.05) is 20.2 Å². The van der Waals surface area contributed by atoms with Crippen LogP contribution in [0.4, 0.5) is 0 Å². The number of aromatic amines is 1. The third-order valence-corrected chi connectivity index (χ3v) is 4.50. The van der Waals surface area contributed by atoms with E-state index in [4.69, 9.17) is 16.7 Å². The second-order valence-electron chi connectivity index (χ2n) is 5.83. The van der Waals surface area contributed by atoms with Crippen LogP contribution in [0.3, 0.4) is 0 Å². The van der Waals surface area contributed by atoms with Crippen molar-refractivity contribution in [3.05, 3.63) is 47.0 Å². The van der Waals surface area contributed by atoms with E-state index < -0.39 is 0 Å². The van der Waals surface area contributed by atoms with Gasteiger partial charge < -0.3 is 15.0 Å². The smallest absolute Gasteiger partial charge is 0.229 e. The van der Waals surface area contributed by atoms with Gasteiger partial charge in [0.05, 0.1) is 12.5 Å². The van der Waals surface area contributed by atoms with E-state index in [9.17, 15) is 4.79 Å². The Morgan fingerprint density at radius 2 is 2.00 bits per heavy atom. The highest BCUT2D eigenvalue weighted by Crippen LogP contribution is 2.30. The van der Waals surface area contributed by atoms with Crippen LogP contribution in [0.15, 0.2) is 36.4 Å². The van der Waals surface area contributed by atoms with Crippen LogP contribution in [0.2, 0.25) is 5.02 Å². The Labute approximate surface area is 139 Å². The number of rotatable bonds is 4. The summed E-state index contributed by atoms with van der Waals surface area (Å²) in [6.07, 6.45) is 0. The largest absolute Gasteiger partial charge is 0.395 e. The standard InChI is InChI=1S/C18H19ClN2O2/c1-11(18(23)21(2)7-8-22)12-3-5-14-15-10-13(19)4-6-16(15)20-17(14)9-12/h3-6,9-11,20,22H,7-8H2,1-2H3. The number of aliphatic hydroxyl groups excluding tert-OH is 1. The monoisotopic (exact) mass is 330 g/mol. The lowest BCUT2D eigenvalue weighted by Crippen LogP contribution is -2.32. The van der Waals surface area contributed by atoms with Crippen LogP contribution < -0.4 is 0 Å².